The lowest BCUT2D eigenvalue weighted by atomic mass is 10.2. The van der Waals surface area contributed by atoms with Crippen LogP contribution in [-0.2, 0) is 10.0 Å². The minimum atomic E-state index is -3.61. The number of aromatic nitrogens is 1. The normalized spacial score (nSPS) is 15.6. The van der Waals surface area contributed by atoms with Gasteiger partial charge in [-0.1, -0.05) is 29.5 Å². The third-order valence-electron chi connectivity index (χ3n) is 3.40. The summed E-state index contributed by atoms with van der Waals surface area (Å²) in [5, 5.41) is 3.67. The molecule has 7 heteroatoms. The summed E-state index contributed by atoms with van der Waals surface area (Å²) < 4.78 is 28.9. The first-order chi connectivity index (χ1) is 10.5. The molecule has 0 atom stereocenters. The Kier molecular flexibility index (Phi) is 2.82. The van der Waals surface area contributed by atoms with Crippen molar-refractivity contribution in [3.63, 3.8) is 0 Å². The Morgan fingerprint density at radius 3 is 2.82 bits per heavy atom. The average molecular weight is 329 g/mol. The van der Waals surface area contributed by atoms with Crippen molar-refractivity contribution in [2.75, 3.05) is 5.32 Å². The van der Waals surface area contributed by atoms with Gasteiger partial charge in [-0.25, -0.2) is 4.98 Å². The van der Waals surface area contributed by atoms with Gasteiger partial charge in [0.25, 0.3) is 10.0 Å². The molecule has 0 saturated carbocycles. The van der Waals surface area contributed by atoms with Crippen molar-refractivity contribution in [2.45, 2.75) is 11.8 Å². The van der Waals surface area contributed by atoms with Crippen molar-refractivity contribution < 1.29 is 8.42 Å². The van der Waals surface area contributed by atoms with E-state index in [1.54, 1.807) is 24.3 Å². The summed E-state index contributed by atoms with van der Waals surface area (Å²) in [6.45, 7) is 2.02. The number of anilines is 1. The maximum Gasteiger partial charge on any atom is 0.285 e. The maximum absolute atomic E-state index is 12.0. The molecule has 1 aromatic heterocycles. The lowest BCUT2D eigenvalue weighted by molar-refractivity contribution is 0.599. The number of amidine groups is 1. The summed E-state index contributed by atoms with van der Waals surface area (Å²) in [7, 11) is -3.61. The zero-order valence-corrected chi connectivity index (χ0v) is 13.2. The van der Waals surface area contributed by atoms with E-state index in [-0.39, 0.29) is 4.90 Å². The third kappa shape index (κ3) is 2.10. The second-order valence-electron chi connectivity index (χ2n) is 5.03. The van der Waals surface area contributed by atoms with Crippen LogP contribution in [0.1, 0.15) is 11.1 Å². The van der Waals surface area contributed by atoms with Crippen LogP contribution in [0.25, 0.3) is 10.2 Å². The molecule has 0 saturated heterocycles. The first-order valence-electron chi connectivity index (χ1n) is 6.61. The Hall–Kier alpha value is -2.25. The smallest absolute Gasteiger partial charge is 0.285 e. The Morgan fingerprint density at radius 2 is 1.95 bits per heavy atom. The van der Waals surface area contributed by atoms with Gasteiger partial charge in [-0.15, -0.1) is 4.40 Å². The zero-order chi connectivity index (χ0) is 15.3. The number of hydrogen-bond acceptors (Lipinski definition) is 5. The van der Waals surface area contributed by atoms with E-state index < -0.39 is 10.0 Å². The quantitative estimate of drug-likeness (QED) is 0.744. The molecule has 22 heavy (non-hydrogen) atoms. The number of nitrogens with one attached hydrogen (secondary N) is 1. The van der Waals surface area contributed by atoms with E-state index in [2.05, 4.69) is 20.8 Å². The van der Waals surface area contributed by atoms with Gasteiger partial charge in [-0.3, -0.25) is 0 Å². The van der Waals surface area contributed by atoms with Crippen molar-refractivity contribution in [1.29, 1.82) is 0 Å². The number of sulfonamides is 1. The molecule has 3 aromatic rings. The molecule has 0 aliphatic carbocycles. The molecule has 5 nitrogen and oxygen atoms in total. The monoisotopic (exact) mass is 329 g/mol. The first kappa shape index (κ1) is 13.4. The largest absolute Gasteiger partial charge is 0.315 e. The van der Waals surface area contributed by atoms with Gasteiger partial charge in [0.1, 0.15) is 4.90 Å². The van der Waals surface area contributed by atoms with Crippen LogP contribution in [-0.4, -0.2) is 19.2 Å². The van der Waals surface area contributed by atoms with Crippen LogP contribution in [0, 0.1) is 6.92 Å². The Labute approximate surface area is 131 Å². The number of thiazole rings is 1. The SMILES string of the molecule is Cc1ccc2nc(NC3=NS(=O)(=O)c4ccccc43)sc2c1. The van der Waals surface area contributed by atoms with Gasteiger partial charge in [0, 0.05) is 5.56 Å². The maximum atomic E-state index is 12.0. The molecule has 0 bridgehead atoms. The van der Waals surface area contributed by atoms with Crippen LogP contribution in [0.3, 0.4) is 0 Å². The van der Waals surface area contributed by atoms with Gasteiger partial charge in [0.2, 0.25) is 0 Å². The predicted molar refractivity (Wildman–Crippen MR) is 88.1 cm³/mol. The van der Waals surface area contributed by atoms with Crippen molar-refractivity contribution in [2.24, 2.45) is 4.40 Å². The number of nitrogens with zero attached hydrogens (tertiary/aromatic N) is 2. The number of rotatable bonds is 1. The lowest BCUT2D eigenvalue weighted by Gasteiger charge is -2.01. The van der Waals surface area contributed by atoms with Crippen LogP contribution in [0.5, 0.6) is 0 Å². The fourth-order valence-electron chi connectivity index (χ4n) is 2.38. The van der Waals surface area contributed by atoms with Crippen LogP contribution < -0.4 is 5.32 Å². The van der Waals surface area contributed by atoms with Gasteiger partial charge in [-0.2, -0.15) is 8.42 Å². The summed E-state index contributed by atoms with van der Waals surface area (Å²) in [5.74, 6) is 0.325. The summed E-state index contributed by atoms with van der Waals surface area (Å²) >= 11 is 1.48. The molecule has 4 rings (SSSR count). The molecule has 2 aromatic carbocycles. The van der Waals surface area contributed by atoms with E-state index in [4.69, 9.17) is 0 Å². The van der Waals surface area contributed by atoms with Gasteiger partial charge in [-0.05, 0) is 36.8 Å². The molecule has 0 radical (unpaired) electrons. The molecule has 0 spiro atoms. The highest BCUT2D eigenvalue weighted by molar-refractivity contribution is 7.90. The Bertz CT molecular complexity index is 1040. The molecular formula is C15H11N3O2S2. The van der Waals surface area contributed by atoms with Crippen LogP contribution in [0.4, 0.5) is 5.13 Å². The van der Waals surface area contributed by atoms with Gasteiger partial charge >= 0.3 is 0 Å². The van der Waals surface area contributed by atoms with E-state index in [0.29, 0.717) is 16.5 Å². The predicted octanol–water partition coefficient (Wildman–Crippen LogP) is 3.17. The first-order valence-corrected chi connectivity index (χ1v) is 8.87. The van der Waals surface area contributed by atoms with Crippen molar-refractivity contribution in [1.82, 2.24) is 4.98 Å². The van der Waals surface area contributed by atoms with Gasteiger partial charge < -0.3 is 5.32 Å². The molecule has 2 heterocycles. The van der Waals surface area contributed by atoms with Crippen molar-refractivity contribution >= 4 is 42.5 Å². The molecule has 1 aliphatic heterocycles. The molecule has 1 aliphatic rings. The van der Waals surface area contributed by atoms with Gasteiger partial charge in [0.15, 0.2) is 11.0 Å². The van der Waals surface area contributed by atoms with E-state index >= 15 is 0 Å². The number of hydrogen-bond donors (Lipinski definition) is 1. The Morgan fingerprint density at radius 1 is 1.14 bits per heavy atom. The van der Waals surface area contributed by atoms with Crippen LogP contribution in [0.15, 0.2) is 51.8 Å². The second kappa shape index (κ2) is 4.62. The summed E-state index contributed by atoms with van der Waals surface area (Å²) in [4.78, 5) is 4.70. The second-order valence-corrected chi connectivity index (χ2v) is 7.63. The highest BCUT2D eigenvalue weighted by Gasteiger charge is 2.28. The highest BCUT2D eigenvalue weighted by Crippen LogP contribution is 2.30. The fraction of sp³-hybridized carbons (Fsp3) is 0.0667. The lowest BCUT2D eigenvalue weighted by Crippen LogP contribution is -2.10. The van der Waals surface area contributed by atoms with Crippen LogP contribution >= 0.6 is 11.3 Å². The van der Waals surface area contributed by atoms with Gasteiger partial charge in [0.05, 0.1) is 10.2 Å². The summed E-state index contributed by atoms with van der Waals surface area (Å²) in [5.41, 5.74) is 2.62. The Balaban J connectivity index is 1.77. The van der Waals surface area contributed by atoms with Crippen LogP contribution in [0.2, 0.25) is 0 Å². The average Bonchev–Trinajstić information content (AvgIpc) is 2.98. The number of aryl methyl sites for hydroxylation is 1. The van der Waals surface area contributed by atoms with E-state index in [1.807, 2.05) is 19.1 Å². The third-order valence-corrected chi connectivity index (χ3v) is 5.67. The van der Waals surface area contributed by atoms with E-state index in [9.17, 15) is 8.42 Å². The van der Waals surface area contributed by atoms with Crippen molar-refractivity contribution in [3.05, 3.63) is 53.6 Å². The molecule has 0 unspecified atom stereocenters. The summed E-state index contributed by atoms with van der Waals surface area (Å²) in [6.07, 6.45) is 0. The molecular weight excluding hydrogens is 318 g/mol. The van der Waals surface area contributed by atoms with E-state index in [1.165, 1.54) is 11.3 Å². The number of benzene rings is 2. The fourth-order valence-corrected chi connectivity index (χ4v) is 4.52. The zero-order valence-electron chi connectivity index (χ0n) is 11.6. The molecule has 110 valence electrons. The summed E-state index contributed by atoms with van der Waals surface area (Å²) in [6, 6.07) is 12.8. The van der Waals surface area contributed by atoms with E-state index in [0.717, 1.165) is 15.8 Å². The minimum Gasteiger partial charge on any atom is -0.315 e. The minimum absolute atomic E-state index is 0.231. The number of fused-ring (bicyclic) bond motifs is 2. The van der Waals surface area contributed by atoms with Crippen molar-refractivity contribution in [3.8, 4) is 0 Å². The molecule has 1 N–H and O–H groups in total. The molecule has 0 fully saturated rings. The molecule has 0 amide bonds. The standard InChI is InChI=1S/C15H11N3O2S2/c1-9-6-7-11-12(8-9)21-15(16-11)17-14-10-4-2-3-5-13(10)22(19,20)18-14/h2-8H,1H3,(H,16,17,18). The highest BCUT2D eigenvalue weighted by atomic mass is 32.2. The topological polar surface area (TPSA) is 71.4 Å².